The lowest BCUT2D eigenvalue weighted by atomic mass is 9.98. The van der Waals surface area contributed by atoms with Gasteiger partial charge in [0.2, 0.25) is 10.0 Å². The van der Waals surface area contributed by atoms with E-state index in [2.05, 4.69) is 5.32 Å². The van der Waals surface area contributed by atoms with Crippen molar-refractivity contribution in [1.82, 2.24) is 4.31 Å². The third-order valence-corrected chi connectivity index (χ3v) is 7.27. The highest BCUT2D eigenvalue weighted by Crippen LogP contribution is 2.20. The quantitative estimate of drug-likeness (QED) is 0.340. The topological polar surface area (TPSA) is 110 Å². The molecule has 3 rings (SSSR count). The Hall–Kier alpha value is -3.82. The SMILES string of the molecule is CCN(CC)S(=O)(=O)c1cccc(NC(=O)COC(=O)c2ccccc2C(=O)c2ccccc2)c1. The normalized spacial score (nSPS) is 11.2. The number of rotatable bonds is 10. The van der Waals surface area contributed by atoms with Gasteiger partial charge in [-0.1, -0.05) is 68.4 Å². The Labute approximate surface area is 204 Å². The fourth-order valence-corrected chi connectivity index (χ4v) is 4.96. The van der Waals surface area contributed by atoms with Gasteiger partial charge in [-0.05, 0) is 24.3 Å². The molecule has 0 unspecified atom stereocenters. The fourth-order valence-electron chi connectivity index (χ4n) is 3.46. The molecule has 0 fully saturated rings. The molecule has 1 amide bonds. The fraction of sp³-hybridized carbons (Fsp3) is 0.192. The van der Waals surface area contributed by atoms with E-state index in [1.165, 1.54) is 40.7 Å². The molecule has 3 aromatic rings. The summed E-state index contributed by atoms with van der Waals surface area (Å²) in [6.45, 7) is 3.51. The summed E-state index contributed by atoms with van der Waals surface area (Å²) in [6, 6.07) is 20.6. The number of amides is 1. The zero-order chi connectivity index (χ0) is 25.4. The first-order valence-corrected chi connectivity index (χ1v) is 12.5. The molecule has 0 heterocycles. The molecule has 0 bridgehead atoms. The van der Waals surface area contributed by atoms with Gasteiger partial charge in [-0.15, -0.1) is 0 Å². The number of nitrogens with zero attached hydrogens (tertiary/aromatic N) is 1. The average molecular weight is 495 g/mol. The summed E-state index contributed by atoms with van der Waals surface area (Å²) in [7, 11) is -3.69. The van der Waals surface area contributed by atoms with Crippen molar-refractivity contribution in [2.45, 2.75) is 18.7 Å². The maximum absolute atomic E-state index is 12.8. The summed E-state index contributed by atoms with van der Waals surface area (Å²) < 4.78 is 31.9. The lowest BCUT2D eigenvalue weighted by molar-refractivity contribution is -0.119. The third-order valence-electron chi connectivity index (χ3n) is 5.22. The first kappa shape index (κ1) is 25.8. The maximum Gasteiger partial charge on any atom is 0.339 e. The molecule has 0 aliphatic rings. The molecule has 3 aromatic carbocycles. The van der Waals surface area contributed by atoms with Gasteiger partial charge in [-0.25, -0.2) is 13.2 Å². The molecule has 0 saturated heterocycles. The van der Waals surface area contributed by atoms with Crippen LogP contribution >= 0.6 is 0 Å². The number of nitrogens with one attached hydrogen (secondary N) is 1. The first-order valence-electron chi connectivity index (χ1n) is 11.0. The Balaban J connectivity index is 1.68. The number of benzene rings is 3. The average Bonchev–Trinajstić information content (AvgIpc) is 2.88. The number of carbonyl (C=O) groups excluding carboxylic acids is 3. The minimum atomic E-state index is -3.69. The molecule has 0 saturated carbocycles. The molecule has 0 aromatic heterocycles. The molecule has 182 valence electrons. The van der Waals surface area contributed by atoms with Crippen molar-refractivity contribution in [2.24, 2.45) is 0 Å². The summed E-state index contributed by atoms with van der Waals surface area (Å²) >= 11 is 0. The number of anilines is 1. The van der Waals surface area contributed by atoms with Crippen LogP contribution in [-0.2, 0) is 19.6 Å². The Bertz CT molecular complexity index is 1320. The number of hydrogen-bond acceptors (Lipinski definition) is 6. The van der Waals surface area contributed by atoms with Crippen LogP contribution in [-0.4, -0.2) is 50.1 Å². The molecule has 0 radical (unpaired) electrons. The molecule has 35 heavy (non-hydrogen) atoms. The highest BCUT2D eigenvalue weighted by molar-refractivity contribution is 7.89. The standard InChI is InChI=1S/C26H26N2O6S/c1-3-28(4-2)35(32,33)21-14-10-13-20(17-21)27-24(29)18-34-26(31)23-16-9-8-15-22(23)25(30)19-11-6-5-7-12-19/h5-17H,3-4,18H2,1-2H3,(H,27,29). The van der Waals surface area contributed by atoms with Gasteiger partial charge in [0.1, 0.15) is 0 Å². The van der Waals surface area contributed by atoms with Gasteiger partial charge in [0.15, 0.2) is 12.4 Å². The zero-order valence-corrected chi connectivity index (χ0v) is 20.2. The number of carbonyl (C=O) groups is 3. The Kier molecular flexibility index (Phi) is 8.51. The minimum Gasteiger partial charge on any atom is -0.452 e. The first-order chi connectivity index (χ1) is 16.8. The Morgan fingerprint density at radius 2 is 1.46 bits per heavy atom. The summed E-state index contributed by atoms with van der Waals surface area (Å²) in [5.74, 6) is -1.81. The number of ether oxygens (including phenoxy) is 1. The van der Waals surface area contributed by atoms with Crippen LogP contribution in [0, 0.1) is 0 Å². The van der Waals surface area contributed by atoms with Gasteiger partial charge in [0, 0.05) is 29.9 Å². The van der Waals surface area contributed by atoms with Crippen LogP contribution in [0.4, 0.5) is 5.69 Å². The zero-order valence-electron chi connectivity index (χ0n) is 19.4. The second-order valence-corrected chi connectivity index (χ2v) is 9.42. The second kappa shape index (κ2) is 11.5. The van der Waals surface area contributed by atoms with Gasteiger partial charge in [-0.2, -0.15) is 4.31 Å². The van der Waals surface area contributed by atoms with Crippen molar-refractivity contribution in [3.8, 4) is 0 Å². The number of hydrogen-bond donors (Lipinski definition) is 1. The van der Waals surface area contributed by atoms with E-state index in [0.717, 1.165) is 0 Å². The van der Waals surface area contributed by atoms with Crippen LogP contribution in [0.3, 0.4) is 0 Å². The van der Waals surface area contributed by atoms with E-state index in [9.17, 15) is 22.8 Å². The number of esters is 1. The van der Waals surface area contributed by atoms with Gasteiger partial charge in [0.05, 0.1) is 10.5 Å². The van der Waals surface area contributed by atoms with Crippen LogP contribution in [0.2, 0.25) is 0 Å². The van der Waals surface area contributed by atoms with E-state index < -0.39 is 28.5 Å². The van der Waals surface area contributed by atoms with Crippen molar-refractivity contribution < 1.29 is 27.5 Å². The van der Waals surface area contributed by atoms with Crippen LogP contribution in [0.1, 0.15) is 40.1 Å². The van der Waals surface area contributed by atoms with E-state index in [0.29, 0.717) is 18.7 Å². The summed E-state index contributed by atoms with van der Waals surface area (Å²) in [5.41, 5.74) is 0.879. The predicted molar refractivity (Wildman–Crippen MR) is 132 cm³/mol. The Morgan fingerprint density at radius 1 is 0.829 bits per heavy atom. The molecule has 1 N–H and O–H groups in total. The highest BCUT2D eigenvalue weighted by atomic mass is 32.2. The van der Waals surface area contributed by atoms with E-state index in [1.54, 1.807) is 56.3 Å². The maximum atomic E-state index is 12.8. The van der Waals surface area contributed by atoms with Crippen molar-refractivity contribution in [1.29, 1.82) is 0 Å². The summed E-state index contributed by atoms with van der Waals surface area (Å²) in [6.07, 6.45) is 0. The molecule has 8 nitrogen and oxygen atoms in total. The molecule has 0 spiro atoms. The molecule has 0 aliphatic heterocycles. The smallest absolute Gasteiger partial charge is 0.339 e. The van der Waals surface area contributed by atoms with E-state index >= 15 is 0 Å². The van der Waals surface area contributed by atoms with Crippen molar-refractivity contribution in [3.63, 3.8) is 0 Å². The predicted octanol–water partition coefficient (Wildman–Crippen LogP) is 3.74. The van der Waals surface area contributed by atoms with E-state index in [4.69, 9.17) is 4.74 Å². The van der Waals surface area contributed by atoms with Gasteiger partial charge in [-0.3, -0.25) is 9.59 Å². The Morgan fingerprint density at radius 3 is 2.11 bits per heavy atom. The molecule has 0 atom stereocenters. The van der Waals surface area contributed by atoms with E-state index in [1.807, 2.05) is 0 Å². The largest absolute Gasteiger partial charge is 0.452 e. The molecule has 0 aliphatic carbocycles. The van der Waals surface area contributed by atoms with Crippen LogP contribution in [0.15, 0.2) is 83.8 Å². The number of ketones is 1. The molecular formula is C26H26N2O6S. The molecule has 9 heteroatoms. The van der Waals surface area contributed by atoms with Crippen molar-refractivity contribution >= 4 is 33.4 Å². The lowest BCUT2D eigenvalue weighted by Gasteiger charge is -2.18. The van der Waals surface area contributed by atoms with Gasteiger partial charge >= 0.3 is 5.97 Å². The third kappa shape index (κ3) is 6.20. The monoisotopic (exact) mass is 494 g/mol. The number of sulfonamides is 1. The second-order valence-electron chi connectivity index (χ2n) is 7.48. The minimum absolute atomic E-state index is 0.0430. The highest BCUT2D eigenvalue weighted by Gasteiger charge is 2.22. The van der Waals surface area contributed by atoms with Crippen molar-refractivity contribution in [2.75, 3.05) is 25.0 Å². The summed E-state index contributed by atoms with van der Waals surface area (Å²) in [5, 5.41) is 2.53. The van der Waals surface area contributed by atoms with Crippen LogP contribution < -0.4 is 5.32 Å². The van der Waals surface area contributed by atoms with Crippen molar-refractivity contribution in [3.05, 3.63) is 95.6 Å². The van der Waals surface area contributed by atoms with Crippen LogP contribution in [0.5, 0.6) is 0 Å². The van der Waals surface area contributed by atoms with E-state index in [-0.39, 0.29) is 27.5 Å². The van der Waals surface area contributed by atoms with Gasteiger partial charge < -0.3 is 10.1 Å². The summed E-state index contributed by atoms with van der Waals surface area (Å²) in [4.78, 5) is 37.9. The van der Waals surface area contributed by atoms with Crippen LogP contribution in [0.25, 0.3) is 0 Å². The van der Waals surface area contributed by atoms with Gasteiger partial charge in [0.25, 0.3) is 5.91 Å². The molecular weight excluding hydrogens is 468 g/mol. The lowest BCUT2D eigenvalue weighted by Crippen LogP contribution is -2.30.